The number of carbonyl (C=O) groups is 1. The first-order valence-electron chi connectivity index (χ1n) is 9.95. The lowest BCUT2D eigenvalue weighted by Crippen LogP contribution is -2.38. The van der Waals surface area contributed by atoms with Crippen molar-refractivity contribution in [2.24, 2.45) is 27.6 Å². The average molecular weight is 335 g/mol. The smallest absolute Gasteiger partial charge is 0.306 e. The van der Waals surface area contributed by atoms with Crippen LogP contribution >= 0.6 is 0 Å². The summed E-state index contributed by atoms with van der Waals surface area (Å²) in [4.78, 5) is 12.2. The highest BCUT2D eigenvalue weighted by atomic mass is 16.5. The van der Waals surface area contributed by atoms with Gasteiger partial charge in [-0.1, -0.05) is 40.0 Å². The number of carbonyl (C=O) groups excluding carboxylic acids is 1. The summed E-state index contributed by atoms with van der Waals surface area (Å²) < 4.78 is 5.89. The Morgan fingerprint density at radius 2 is 1.79 bits per heavy atom. The Kier molecular flexibility index (Phi) is 3.65. The number of ether oxygens (including phenoxy) is 1. The van der Waals surface area contributed by atoms with Crippen molar-refractivity contribution in [1.82, 2.24) is 5.32 Å². The van der Waals surface area contributed by atoms with E-state index in [1.165, 1.54) is 12.8 Å². The Hall–Kier alpha value is -0.610. The van der Waals surface area contributed by atoms with E-state index in [9.17, 15) is 4.79 Å². The maximum Gasteiger partial charge on any atom is 0.306 e. The number of hydrogen-bond donors (Lipinski definition) is 2. The molecule has 4 aliphatic carbocycles. The van der Waals surface area contributed by atoms with Crippen molar-refractivity contribution < 1.29 is 14.6 Å². The quantitative estimate of drug-likeness (QED) is 0.450. The summed E-state index contributed by atoms with van der Waals surface area (Å²) in [6.07, 6.45) is 7.47. The highest BCUT2D eigenvalue weighted by Crippen LogP contribution is 3.25. The third-order valence-corrected chi connectivity index (χ3v) is 8.91. The molecule has 2 N–H and O–H groups in total. The molecule has 0 radical (unpaired) electrons. The molecule has 4 nitrogen and oxygen atoms in total. The van der Waals surface area contributed by atoms with Crippen LogP contribution in [0.1, 0.15) is 65.7 Å². The molecule has 136 valence electrons. The largest absolute Gasteiger partial charge is 0.462 e. The molecule has 6 atom stereocenters. The first-order chi connectivity index (χ1) is 11.4. The highest BCUT2D eigenvalue weighted by Gasteiger charge is 3.24. The van der Waals surface area contributed by atoms with E-state index in [1.54, 1.807) is 0 Å². The summed E-state index contributed by atoms with van der Waals surface area (Å²) in [5.41, 5.74) is 1.98. The van der Waals surface area contributed by atoms with E-state index in [0.29, 0.717) is 34.6 Å². The van der Waals surface area contributed by atoms with Crippen LogP contribution in [-0.4, -0.2) is 36.9 Å². The Labute approximate surface area is 145 Å². The predicted molar refractivity (Wildman–Crippen MR) is 92.4 cm³/mol. The van der Waals surface area contributed by atoms with Crippen LogP contribution in [0.25, 0.3) is 0 Å². The molecule has 0 aromatic heterocycles. The lowest BCUT2D eigenvalue weighted by molar-refractivity contribution is -0.157. The van der Waals surface area contributed by atoms with Gasteiger partial charge in [-0.25, -0.2) is 0 Å². The SMILES string of the molecule is CC12C34[C@H](C[C@@H](OC(=O)CCCCCCCNCCO)[C@@]13C)[C@@]24C. The fourth-order valence-corrected chi connectivity index (χ4v) is 7.72. The Morgan fingerprint density at radius 1 is 1.08 bits per heavy atom. The molecule has 2 unspecified atom stereocenters. The number of unbranched alkanes of at least 4 members (excludes halogenated alkanes) is 4. The number of hydrogen-bond acceptors (Lipinski definition) is 4. The van der Waals surface area contributed by atoms with Crippen LogP contribution in [-0.2, 0) is 9.53 Å². The fourth-order valence-electron chi connectivity index (χ4n) is 7.72. The van der Waals surface area contributed by atoms with Crippen LogP contribution in [0.4, 0.5) is 0 Å². The van der Waals surface area contributed by atoms with Gasteiger partial charge in [-0.2, -0.15) is 0 Å². The zero-order chi connectivity index (χ0) is 17.2. The zero-order valence-electron chi connectivity index (χ0n) is 15.5. The maximum absolute atomic E-state index is 12.2. The molecular weight excluding hydrogens is 302 g/mol. The summed E-state index contributed by atoms with van der Waals surface area (Å²) in [5.74, 6) is 0.873. The van der Waals surface area contributed by atoms with Crippen molar-refractivity contribution >= 4 is 5.97 Å². The van der Waals surface area contributed by atoms with Gasteiger partial charge >= 0.3 is 5.97 Å². The van der Waals surface area contributed by atoms with Crippen LogP contribution in [0.3, 0.4) is 0 Å². The van der Waals surface area contributed by atoms with Crippen molar-refractivity contribution in [3.8, 4) is 0 Å². The molecule has 0 amide bonds. The molecule has 4 fully saturated rings. The van der Waals surface area contributed by atoms with E-state index in [0.717, 1.165) is 38.1 Å². The monoisotopic (exact) mass is 335 g/mol. The lowest BCUT2D eigenvalue weighted by atomic mass is 9.72. The standard InChI is InChI=1S/C20H33NO3/c1-17-14-13-15(18(2)19(17,3)20(14,17)18)24-16(23)9-7-5-4-6-8-10-21-11-12-22/h14-15,21-22H,4-13H2,1-3H3/t14-,15-,17+,18+,19?,20?/m1/s1. The molecule has 4 rings (SSSR count). The molecule has 0 heterocycles. The lowest BCUT2D eigenvalue weighted by Gasteiger charge is -2.37. The molecule has 0 aromatic rings. The molecule has 1 spiro atoms. The van der Waals surface area contributed by atoms with E-state index < -0.39 is 0 Å². The second kappa shape index (κ2) is 5.20. The van der Waals surface area contributed by atoms with Crippen LogP contribution in [0.5, 0.6) is 0 Å². The molecule has 0 bridgehead atoms. The van der Waals surface area contributed by atoms with Crippen LogP contribution < -0.4 is 5.32 Å². The second-order valence-electron chi connectivity index (χ2n) is 9.10. The maximum atomic E-state index is 12.2. The van der Waals surface area contributed by atoms with E-state index >= 15 is 0 Å². The predicted octanol–water partition coefficient (Wildman–Crippen LogP) is 2.89. The summed E-state index contributed by atoms with van der Waals surface area (Å²) in [6.45, 7) is 9.10. The fraction of sp³-hybridized carbons (Fsp3) is 0.950. The summed E-state index contributed by atoms with van der Waals surface area (Å²) in [5, 5.41) is 11.9. The van der Waals surface area contributed by atoms with Gasteiger partial charge in [0, 0.05) is 18.4 Å². The van der Waals surface area contributed by atoms with Crippen molar-refractivity contribution in [3.63, 3.8) is 0 Å². The van der Waals surface area contributed by atoms with Gasteiger partial charge in [0.15, 0.2) is 0 Å². The van der Waals surface area contributed by atoms with Gasteiger partial charge in [-0.3, -0.25) is 4.79 Å². The van der Waals surface area contributed by atoms with Gasteiger partial charge in [0.2, 0.25) is 0 Å². The van der Waals surface area contributed by atoms with E-state index in [-0.39, 0.29) is 18.7 Å². The van der Waals surface area contributed by atoms with Gasteiger partial charge < -0.3 is 15.2 Å². The third kappa shape index (κ3) is 1.56. The van der Waals surface area contributed by atoms with E-state index in [2.05, 4.69) is 26.1 Å². The molecule has 24 heavy (non-hydrogen) atoms. The minimum atomic E-state index is 0.0279. The van der Waals surface area contributed by atoms with E-state index in [1.807, 2.05) is 0 Å². The number of aliphatic hydroxyl groups excluding tert-OH is 1. The Bertz CT molecular complexity index is 551. The Balaban J connectivity index is 1.07. The summed E-state index contributed by atoms with van der Waals surface area (Å²) >= 11 is 0. The van der Waals surface area contributed by atoms with Gasteiger partial charge in [-0.05, 0) is 48.0 Å². The minimum Gasteiger partial charge on any atom is -0.462 e. The van der Waals surface area contributed by atoms with Crippen molar-refractivity contribution in [2.75, 3.05) is 19.7 Å². The molecule has 4 aliphatic rings. The Morgan fingerprint density at radius 3 is 2.46 bits per heavy atom. The van der Waals surface area contributed by atoms with Crippen LogP contribution in [0.15, 0.2) is 0 Å². The van der Waals surface area contributed by atoms with Crippen molar-refractivity contribution in [2.45, 2.75) is 71.8 Å². The normalized spacial score (nSPS) is 48.7. The number of esters is 1. The second-order valence-corrected chi connectivity index (χ2v) is 9.10. The molecule has 4 heteroatoms. The number of nitrogens with one attached hydrogen (secondary N) is 1. The zero-order valence-corrected chi connectivity index (χ0v) is 15.5. The van der Waals surface area contributed by atoms with Gasteiger partial charge in [0.25, 0.3) is 0 Å². The molecular formula is C20H33NO3. The summed E-state index contributed by atoms with van der Waals surface area (Å²) in [7, 11) is 0. The topological polar surface area (TPSA) is 58.6 Å². The first-order valence-corrected chi connectivity index (χ1v) is 9.95. The van der Waals surface area contributed by atoms with E-state index in [4.69, 9.17) is 9.84 Å². The van der Waals surface area contributed by atoms with Crippen molar-refractivity contribution in [3.05, 3.63) is 0 Å². The molecule has 0 aromatic carbocycles. The van der Waals surface area contributed by atoms with Crippen molar-refractivity contribution in [1.29, 1.82) is 0 Å². The van der Waals surface area contributed by atoms with Gasteiger partial charge in [0.05, 0.1) is 6.61 Å². The first kappa shape index (κ1) is 16.8. The average Bonchev–Trinajstić information content (AvgIpc) is 3.35. The van der Waals surface area contributed by atoms with Crippen LogP contribution in [0.2, 0.25) is 0 Å². The highest BCUT2D eigenvalue weighted by molar-refractivity contribution is 5.73. The number of fused-ring (bicyclic) bond motifs is 3. The number of rotatable bonds is 11. The molecule has 0 aliphatic heterocycles. The number of aliphatic hydroxyl groups is 1. The summed E-state index contributed by atoms with van der Waals surface area (Å²) in [6, 6.07) is 0. The molecule has 0 saturated heterocycles. The molecule has 4 saturated carbocycles. The van der Waals surface area contributed by atoms with Gasteiger partial charge in [-0.15, -0.1) is 0 Å². The van der Waals surface area contributed by atoms with Crippen LogP contribution in [0, 0.1) is 27.6 Å². The van der Waals surface area contributed by atoms with Gasteiger partial charge in [0.1, 0.15) is 6.10 Å². The third-order valence-electron chi connectivity index (χ3n) is 8.91. The minimum absolute atomic E-state index is 0.0279.